The minimum absolute atomic E-state index is 1.04. The summed E-state index contributed by atoms with van der Waals surface area (Å²) in [5, 5.41) is 2.08. The van der Waals surface area contributed by atoms with Gasteiger partial charge in [-0.1, -0.05) is 61.1 Å². The molecule has 0 bridgehead atoms. The van der Waals surface area contributed by atoms with Gasteiger partial charge in [-0.25, -0.2) is 0 Å². The lowest BCUT2D eigenvalue weighted by Gasteiger charge is -2.28. The molecule has 0 radical (unpaired) electrons. The molecule has 2 saturated carbocycles. The van der Waals surface area contributed by atoms with E-state index in [0.717, 1.165) is 10.5 Å². The van der Waals surface area contributed by atoms with Crippen LogP contribution >= 0.6 is 34.4 Å². The van der Waals surface area contributed by atoms with Gasteiger partial charge in [0.2, 0.25) is 0 Å². The van der Waals surface area contributed by atoms with Crippen molar-refractivity contribution in [3.05, 3.63) is 0 Å². The second-order valence-corrected chi connectivity index (χ2v) is 6.26. The van der Waals surface area contributed by atoms with Gasteiger partial charge in [0, 0.05) is 10.5 Å². The summed E-state index contributed by atoms with van der Waals surface area (Å²) in [5.74, 6) is 0. The van der Waals surface area contributed by atoms with Gasteiger partial charge < -0.3 is 0 Å². The Balaban J connectivity index is 0.000000531. The molecule has 0 unspecified atom stereocenters. The molecule has 2 aliphatic rings. The van der Waals surface area contributed by atoms with Crippen LogP contribution in [0.3, 0.4) is 0 Å². The third-order valence-corrected chi connectivity index (χ3v) is 5.20. The molecule has 0 aromatic rings. The van der Waals surface area contributed by atoms with Crippen molar-refractivity contribution in [3.8, 4) is 0 Å². The van der Waals surface area contributed by atoms with E-state index >= 15 is 0 Å². The predicted molar refractivity (Wildman–Crippen MR) is 81.3 cm³/mol. The molecule has 0 aromatic heterocycles. The highest BCUT2D eigenvalue weighted by atomic mass is 127. The first-order chi connectivity index (χ1) is 7.45. The van der Waals surface area contributed by atoms with Crippen molar-refractivity contribution in [3.63, 3.8) is 0 Å². The number of thioether (sulfide) groups is 1. The van der Waals surface area contributed by atoms with Gasteiger partial charge in [-0.15, -0.1) is 0 Å². The van der Waals surface area contributed by atoms with Gasteiger partial charge >= 0.3 is 0 Å². The van der Waals surface area contributed by atoms with Crippen molar-refractivity contribution in [2.24, 2.45) is 0 Å². The monoisotopic (exact) mass is 340 g/mol. The summed E-state index contributed by atoms with van der Waals surface area (Å²) in [6.07, 6.45) is 15.1. The van der Waals surface area contributed by atoms with Crippen molar-refractivity contribution in [2.45, 2.75) is 74.7 Å². The lowest BCUT2D eigenvalue weighted by molar-refractivity contribution is 0.495. The molecule has 2 heteroatoms. The van der Waals surface area contributed by atoms with Gasteiger partial charge in [-0.2, -0.15) is 11.8 Å². The summed E-state index contributed by atoms with van der Waals surface area (Å²) >= 11 is 4.49. The summed E-state index contributed by atoms with van der Waals surface area (Å²) in [6.45, 7) is 0. The van der Waals surface area contributed by atoms with E-state index in [1.807, 2.05) is 4.93 Å². The molecule has 0 atom stereocenters. The maximum Gasteiger partial charge on any atom is 0.00498 e. The van der Waals surface area contributed by atoms with Gasteiger partial charge in [0.05, 0.1) is 0 Å². The van der Waals surface area contributed by atoms with E-state index in [4.69, 9.17) is 0 Å². The fourth-order valence-electron chi connectivity index (χ4n) is 2.67. The third-order valence-electron chi connectivity index (χ3n) is 3.49. The molecule has 2 rings (SSSR count). The van der Waals surface area contributed by atoms with Gasteiger partial charge in [0.15, 0.2) is 0 Å². The normalized spacial score (nSPS) is 24.4. The Morgan fingerprint density at radius 3 is 1.33 bits per heavy atom. The minimum Gasteiger partial charge on any atom is -0.155 e. The van der Waals surface area contributed by atoms with Crippen molar-refractivity contribution < 1.29 is 0 Å². The van der Waals surface area contributed by atoms with E-state index in [1.54, 1.807) is 0 Å². The van der Waals surface area contributed by atoms with E-state index < -0.39 is 0 Å². The Hall–Kier alpha value is 1.08. The summed E-state index contributed by atoms with van der Waals surface area (Å²) < 4.78 is 0. The number of hydrogen-bond acceptors (Lipinski definition) is 1. The van der Waals surface area contributed by atoms with Crippen LogP contribution in [-0.4, -0.2) is 15.4 Å². The number of hydrogen-bond donors (Lipinski definition) is 0. The zero-order valence-corrected chi connectivity index (χ0v) is 13.0. The first kappa shape index (κ1) is 14.1. The van der Waals surface area contributed by atoms with Crippen LogP contribution in [0.1, 0.15) is 64.2 Å². The second kappa shape index (κ2) is 9.15. The maximum absolute atomic E-state index is 2.34. The summed E-state index contributed by atoms with van der Waals surface area (Å²) in [4.78, 5) is 1.97. The standard InChI is InChI=1S/C12H22S.CH3I/c1-3-7-11(8-4-1)13-12-9-5-2-6-10-12;1-2/h11-12H,1-10H2;1H3. The molecule has 0 spiro atoms. The van der Waals surface area contributed by atoms with Crippen LogP contribution in [0.4, 0.5) is 0 Å². The lowest BCUT2D eigenvalue weighted by Crippen LogP contribution is -2.16. The van der Waals surface area contributed by atoms with Crippen LogP contribution < -0.4 is 0 Å². The van der Waals surface area contributed by atoms with Crippen LogP contribution in [0.2, 0.25) is 0 Å². The van der Waals surface area contributed by atoms with Crippen molar-refractivity contribution in [1.29, 1.82) is 0 Å². The minimum atomic E-state index is 1.04. The van der Waals surface area contributed by atoms with Crippen molar-refractivity contribution >= 4 is 34.4 Å². The third kappa shape index (κ3) is 5.81. The van der Waals surface area contributed by atoms with Gasteiger partial charge in [-0.05, 0) is 30.6 Å². The lowest BCUT2D eigenvalue weighted by atomic mass is 10.00. The van der Waals surface area contributed by atoms with E-state index in [0.29, 0.717) is 0 Å². The smallest absolute Gasteiger partial charge is 0.00498 e. The van der Waals surface area contributed by atoms with Crippen LogP contribution in [0, 0.1) is 0 Å². The molecule has 15 heavy (non-hydrogen) atoms. The van der Waals surface area contributed by atoms with E-state index in [9.17, 15) is 0 Å². The molecule has 0 saturated heterocycles. The molecule has 0 heterocycles. The van der Waals surface area contributed by atoms with E-state index in [1.165, 1.54) is 64.2 Å². The topological polar surface area (TPSA) is 0 Å². The van der Waals surface area contributed by atoms with Gasteiger partial charge in [0.25, 0.3) is 0 Å². The van der Waals surface area contributed by atoms with Crippen molar-refractivity contribution in [1.82, 2.24) is 0 Å². The van der Waals surface area contributed by atoms with Crippen LogP contribution in [0.15, 0.2) is 0 Å². The Morgan fingerprint density at radius 1 is 0.667 bits per heavy atom. The van der Waals surface area contributed by atoms with Crippen molar-refractivity contribution in [2.75, 3.05) is 4.93 Å². The molecule has 2 aliphatic carbocycles. The Morgan fingerprint density at radius 2 is 1.00 bits per heavy atom. The number of halogens is 1. The summed E-state index contributed by atoms with van der Waals surface area (Å²) in [6, 6.07) is 0. The first-order valence-corrected chi connectivity index (χ1v) is 9.58. The van der Waals surface area contributed by atoms with E-state index in [-0.39, 0.29) is 0 Å². The zero-order valence-electron chi connectivity index (χ0n) is 10.0. The SMILES string of the molecule is C1CCC(SC2CCCCC2)CC1.CI. The fourth-order valence-corrected chi connectivity index (χ4v) is 4.43. The largest absolute Gasteiger partial charge is 0.155 e. The predicted octanol–water partition coefficient (Wildman–Crippen LogP) is 5.44. The summed E-state index contributed by atoms with van der Waals surface area (Å²) in [7, 11) is 0. The van der Waals surface area contributed by atoms with Gasteiger partial charge in [-0.3, -0.25) is 0 Å². The van der Waals surface area contributed by atoms with Crippen LogP contribution in [-0.2, 0) is 0 Å². The van der Waals surface area contributed by atoms with Crippen LogP contribution in [0.5, 0.6) is 0 Å². The molecule has 0 amide bonds. The molecular weight excluding hydrogens is 315 g/mol. The first-order valence-electron chi connectivity index (χ1n) is 6.48. The maximum atomic E-state index is 2.34. The highest BCUT2D eigenvalue weighted by molar-refractivity contribution is 14.1. The number of alkyl halides is 1. The molecule has 0 nitrogen and oxygen atoms in total. The average Bonchev–Trinajstić information content (AvgIpc) is 2.34. The van der Waals surface area contributed by atoms with Gasteiger partial charge in [0.1, 0.15) is 0 Å². The average molecular weight is 340 g/mol. The molecule has 90 valence electrons. The Kier molecular flexibility index (Phi) is 8.62. The Labute approximate surface area is 113 Å². The second-order valence-electron chi connectivity index (χ2n) is 4.66. The molecule has 0 aliphatic heterocycles. The van der Waals surface area contributed by atoms with E-state index in [2.05, 4.69) is 34.4 Å². The summed E-state index contributed by atoms with van der Waals surface area (Å²) in [5.41, 5.74) is 0. The quantitative estimate of drug-likeness (QED) is 0.477. The molecular formula is C13H25IS. The highest BCUT2D eigenvalue weighted by Crippen LogP contribution is 2.36. The number of rotatable bonds is 2. The molecule has 0 N–H and O–H groups in total. The molecule has 0 aromatic carbocycles. The highest BCUT2D eigenvalue weighted by Gasteiger charge is 2.20. The zero-order chi connectivity index (χ0) is 10.9. The Bertz CT molecular complexity index is 121. The molecule has 2 fully saturated rings. The fraction of sp³-hybridized carbons (Fsp3) is 1.00. The van der Waals surface area contributed by atoms with Crippen LogP contribution in [0.25, 0.3) is 0 Å².